The van der Waals surface area contributed by atoms with E-state index in [0.29, 0.717) is 30.6 Å². The largest absolute Gasteiger partial charge is 0.480 e. The fourth-order valence-electron chi connectivity index (χ4n) is 2.56. The second-order valence-corrected chi connectivity index (χ2v) is 4.89. The Balaban J connectivity index is 1.88. The highest BCUT2D eigenvalue weighted by molar-refractivity contribution is 5.97. The van der Waals surface area contributed by atoms with Gasteiger partial charge in [0.05, 0.1) is 18.1 Å². The Morgan fingerprint density at radius 1 is 1.33 bits per heavy atom. The fourth-order valence-corrected chi connectivity index (χ4v) is 2.56. The summed E-state index contributed by atoms with van der Waals surface area (Å²) < 4.78 is 1.55. The molecule has 2 heterocycles. The molecule has 2 aromatic rings. The molecule has 0 saturated carbocycles. The van der Waals surface area contributed by atoms with Gasteiger partial charge in [0, 0.05) is 12.1 Å². The molecule has 7 heteroatoms. The van der Waals surface area contributed by atoms with Crippen LogP contribution in [0.4, 0.5) is 0 Å². The number of carbonyl (C=O) groups is 2. The van der Waals surface area contributed by atoms with E-state index in [-0.39, 0.29) is 5.91 Å². The molecule has 1 atom stereocenters. The number of amides is 1. The molecule has 21 heavy (non-hydrogen) atoms. The molecule has 1 saturated heterocycles. The zero-order valence-electron chi connectivity index (χ0n) is 11.2. The molecule has 0 bridgehead atoms. The Morgan fingerprint density at radius 2 is 2.19 bits per heavy atom. The number of carbonyl (C=O) groups excluding carboxylic acids is 1. The van der Waals surface area contributed by atoms with E-state index in [1.54, 1.807) is 35.3 Å². The van der Waals surface area contributed by atoms with Crippen molar-refractivity contribution in [2.75, 3.05) is 6.54 Å². The van der Waals surface area contributed by atoms with Crippen LogP contribution in [0.15, 0.2) is 36.7 Å². The lowest BCUT2D eigenvalue weighted by atomic mass is 10.1. The van der Waals surface area contributed by atoms with Gasteiger partial charge in [-0.2, -0.15) is 0 Å². The third-order valence-corrected chi connectivity index (χ3v) is 3.58. The Bertz CT molecular complexity index is 669. The minimum absolute atomic E-state index is 0.262. The first-order valence-electron chi connectivity index (χ1n) is 6.67. The van der Waals surface area contributed by atoms with Crippen molar-refractivity contribution >= 4 is 11.9 Å². The number of carboxylic acids is 1. The summed E-state index contributed by atoms with van der Waals surface area (Å²) in [5.74, 6) is -1.21. The van der Waals surface area contributed by atoms with Gasteiger partial charge >= 0.3 is 5.97 Å². The topological polar surface area (TPSA) is 88.3 Å². The lowest BCUT2D eigenvalue weighted by Crippen LogP contribution is -2.40. The molecule has 1 unspecified atom stereocenters. The maximum absolute atomic E-state index is 12.5. The smallest absolute Gasteiger partial charge is 0.326 e. The fraction of sp³-hybridized carbons (Fsp3) is 0.286. The zero-order chi connectivity index (χ0) is 14.8. The molecule has 1 aliphatic rings. The Kier molecular flexibility index (Phi) is 3.39. The van der Waals surface area contributed by atoms with Crippen LogP contribution in [-0.4, -0.2) is 49.5 Å². The molecular formula is C14H14N4O3. The summed E-state index contributed by atoms with van der Waals surface area (Å²) in [5, 5.41) is 16.8. The van der Waals surface area contributed by atoms with Gasteiger partial charge in [-0.05, 0) is 31.0 Å². The Hall–Kier alpha value is -2.70. The second-order valence-electron chi connectivity index (χ2n) is 4.89. The number of rotatable bonds is 3. The maximum atomic E-state index is 12.5. The van der Waals surface area contributed by atoms with Crippen LogP contribution in [0.25, 0.3) is 5.69 Å². The van der Waals surface area contributed by atoms with Crippen LogP contribution >= 0.6 is 0 Å². The number of carboxylic acid groups (broad SMARTS) is 1. The van der Waals surface area contributed by atoms with E-state index in [0.717, 1.165) is 0 Å². The molecule has 3 rings (SSSR count). The summed E-state index contributed by atoms with van der Waals surface area (Å²) in [7, 11) is 0. The van der Waals surface area contributed by atoms with Gasteiger partial charge in [-0.25, -0.2) is 9.48 Å². The number of benzene rings is 1. The van der Waals surface area contributed by atoms with Crippen molar-refractivity contribution in [1.82, 2.24) is 19.9 Å². The van der Waals surface area contributed by atoms with E-state index in [4.69, 9.17) is 5.11 Å². The third-order valence-electron chi connectivity index (χ3n) is 3.58. The summed E-state index contributed by atoms with van der Waals surface area (Å²) in [4.78, 5) is 25.1. The monoisotopic (exact) mass is 286 g/mol. The first-order chi connectivity index (χ1) is 10.2. The van der Waals surface area contributed by atoms with Gasteiger partial charge in [-0.1, -0.05) is 11.3 Å². The summed E-state index contributed by atoms with van der Waals surface area (Å²) >= 11 is 0. The molecule has 7 nitrogen and oxygen atoms in total. The normalized spacial score (nSPS) is 17.9. The standard InChI is InChI=1S/C14H14N4O3/c19-13(17-7-2-5-12(17)14(20)21)10-3-1-4-11(9-10)18-8-6-15-16-18/h1,3-4,6,8-9,12H,2,5,7H2,(H,20,21). The van der Waals surface area contributed by atoms with Crippen molar-refractivity contribution < 1.29 is 14.7 Å². The minimum atomic E-state index is -0.951. The second kappa shape index (κ2) is 5.35. The lowest BCUT2D eigenvalue weighted by Gasteiger charge is -2.21. The number of aliphatic carboxylic acids is 1. The highest BCUT2D eigenvalue weighted by Gasteiger charge is 2.34. The van der Waals surface area contributed by atoms with Crippen LogP contribution in [0.5, 0.6) is 0 Å². The molecule has 0 aliphatic carbocycles. The molecule has 1 aliphatic heterocycles. The average Bonchev–Trinajstić information content (AvgIpc) is 3.17. The molecule has 1 aromatic heterocycles. The van der Waals surface area contributed by atoms with Crippen molar-refractivity contribution in [2.45, 2.75) is 18.9 Å². The van der Waals surface area contributed by atoms with Crippen LogP contribution in [0.2, 0.25) is 0 Å². The first-order valence-corrected chi connectivity index (χ1v) is 6.67. The Labute approximate surface area is 120 Å². The van der Waals surface area contributed by atoms with Crippen molar-refractivity contribution in [3.05, 3.63) is 42.2 Å². The summed E-state index contributed by atoms with van der Waals surface area (Å²) in [6.45, 7) is 0.476. The summed E-state index contributed by atoms with van der Waals surface area (Å²) in [6.07, 6.45) is 4.45. The van der Waals surface area contributed by atoms with Gasteiger partial charge in [0.15, 0.2) is 0 Å². The molecule has 1 aromatic carbocycles. The van der Waals surface area contributed by atoms with E-state index >= 15 is 0 Å². The van der Waals surface area contributed by atoms with Gasteiger partial charge in [-0.15, -0.1) is 5.10 Å². The van der Waals surface area contributed by atoms with E-state index in [9.17, 15) is 9.59 Å². The summed E-state index contributed by atoms with van der Waals surface area (Å²) in [5.41, 5.74) is 1.17. The first kappa shape index (κ1) is 13.3. The number of nitrogens with zero attached hydrogens (tertiary/aromatic N) is 4. The zero-order valence-corrected chi connectivity index (χ0v) is 11.2. The van der Waals surface area contributed by atoms with E-state index in [1.165, 1.54) is 4.90 Å². The average molecular weight is 286 g/mol. The van der Waals surface area contributed by atoms with Crippen LogP contribution in [0.3, 0.4) is 0 Å². The van der Waals surface area contributed by atoms with Gasteiger partial charge < -0.3 is 10.0 Å². The minimum Gasteiger partial charge on any atom is -0.480 e. The number of likely N-dealkylation sites (tertiary alicyclic amines) is 1. The van der Waals surface area contributed by atoms with E-state index in [1.807, 2.05) is 6.07 Å². The van der Waals surface area contributed by atoms with Crippen molar-refractivity contribution in [3.8, 4) is 5.69 Å². The van der Waals surface area contributed by atoms with Gasteiger partial charge in [0.1, 0.15) is 6.04 Å². The van der Waals surface area contributed by atoms with Crippen LogP contribution in [0, 0.1) is 0 Å². The molecule has 1 fully saturated rings. The molecule has 108 valence electrons. The number of hydrogen-bond donors (Lipinski definition) is 1. The van der Waals surface area contributed by atoms with Gasteiger partial charge in [0.25, 0.3) is 5.91 Å². The van der Waals surface area contributed by atoms with Gasteiger partial charge in [0.2, 0.25) is 0 Å². The maximum Gasteiger partial charge on any atom is 0.326 e. The van der Waals surface area contributed by atoms with Crippen LogP contribution in [-0.2, 0) is 4.79 Å². The quantitative estimate of drug-likeness (QED) is 0.907. The summed E-state index contributed by atoms with van der Waals surface area (Å²) in [6, 6.07) is 6.20. The SMILES string of the molecule is O=C(O)C1CCCN1C(=O)c1cccc(-n2ccnn2)c1. The third kappa shape index (κ3) is 2.49. The Morgan fingerprint density at radius 3 is 2.90 bits per heavy atom. The van der Waals surface area contributed by atoms with Crippen molar-refractivity contribution in [2.24, 2.45) is 0 Å². The lowest BCUT2D eigenvalue weighted by molar-refractivity contribution is -0.141. The molecule has 0 spiro atoms. The number of aromatic nitrogens is 3. The number of hydrogen-bond acceptors (Lipinski definition) is 4. The molecule has 1 amide bonds. The predicted octanol–water partition coefficient (Wildman–Crippen LogP) is 0.956. The van der Waals surface area contributed by atoms with Crippen molar-refractivity contribution in [3.63, 3.8) is 0 Å². The molecule has 1 N–H and O–H groups in total. The van der Waals surface area contributed by atoms with Crippen LogP contribution in [0.1, 0.15) is 23.2 Å². The highest BCUT2D eigenvalue weighted by Crippen LogP contribution is 2.21. The van der Waals surface area contributed by atoms with Gasteiger partial charge in [-0.3, -0.25) is 4.79 Å². The van der Waals surface area contributed by atoms with Crippen molar-refractivity contribution in [1.29, 1.82) is 0 Å². The van der Waals surface area contributed by atoms with E-state index < -0.39 is 12.0 Å². The van der Waals surface area contributed by atoms with Crippen LogP contribution < -0.4 is 0 Å². The van der Waals surface area contributed by atoms with E-state index in [2.05, 4.69) is 10.3 Å². The molecular weight excluding hydrogens is 272 g/mol. The highest BCUT2D eigenvalue weighted by atomic mass is 16.4. The predicted molar refractivity (Wildman–Crippen MR) is 73.1 cm³/mol. The molecule has 0 radical (unpaired) electrons.